The summed E-state index contributed by atoms with van der Waals surface area (Å²) >= 11 is 0. The lowest BCUT2D eigenvalue weighted by molar-refractivity contribution is 0.766. The Morgan fingerprint density at radius 3 is 2.27 bits per heavy atom. The Hall–Kier alpha value is -0.980. The van der Waals surface area contributed by atoms with Crippen molar-refractivity contribution >= 4 is 0 Å². The molecular weight excluding hydrogens is 134 g/mol. The maximum absolute atomic E-state index is 3.91. The minimum absolute atomic E-state index is 0.459. The van der Waals surface area contributed by atoms with Gasteiger partial charge in [-0.15, -0.1) is 0 Å². The molecule has 0 bridgehead atoms. The third kappa shape index (κ3) is 3.66. The monoisotopic (exact) mass is 151 g/mol. The molecule has 0 fully saturated rings. The zero-order valence-corrected chi connectivity index (χ0v) is 7.65. The van der Waals surface area contributed by atoms with E-state index in [4.69, 9.17) is 0 Å². The fraction of sp³-hybridized carbons (Fsp3) is 0.400. The zero-order valence-electron chi connectivity index (χ0n) is 7.65. The van der Waals surface area contributed by atoms with Crippen molar-refractivity contribution in [3.63, 3.8) is 0 Å². The van der Waals surface area contributed by atoms with Crippen molar-refractivity contribution in [3.05, 3.63) is 36.7 Å². The Bertz CT molecular complexity index is 175. The van der Waals surface area contributed by atoms with E-state index in [1.54, 1.807) is 0 Å². The van der Waals surface area contributed by atoms with Crippen LogP contribution in [-0.2, 0) is 0 Å². The summed E-state index contributed by atoms with van der Waals surface area (Å²) in [6, 6.07) is 0. The van der Waals surface area contributed by atoms with E-state index in [1.165, 1.54) is 0 Å². The second kappa shape index (κ2) is 4.78. The fourth-order valence-electron chi connectivity index (χ4n) is 0.625. The molecule has 0 saturated carbocycles. The van der Waals surface area contributed by atoms with E-state index in [2.05, 4.69) is 32.3 Å². The lowest BCUT2D eigenvalue weighted by Gasteiger charge is -2.11. The molecule has 0 aromatic carbocycles. The van der Waals surface area contributed by atoms with Crippen LogP contribution in [0.2, 0.25) is 0 Å². The normalized spacial score (nSPS) is 10.5. The Balaban J connectivity index is 3.94. The molecule has 0 spiro atoms. The molecule has 62 valence electrons. The molecule has 1 N–H and O–H groups in total. The summed E-state index contributed by atoms with van der Waals surface area (Å²) in [6.45, 7) is 13.9. The molecule has 1 heteroatoms. The number of hydrogen-bond acceptors (Lipinski definition) is 1. The first-order chi connectivity index (χ1) is 5.09. The highest BCUT2D eigenvalue weighted by Crippen LogP contribution is 2.12. The fourth-order valence-corrected chi connectivity index (χ4v) is 0.625. The third-order valence-corrected chi connectivity index (χ3v) is 1.51. The molecule has 0 heterocycles. The van der Waals surface area contributed by atoms with Gasteiger partial charge in [0.1, 0.15) is 0 Å². The molecule has 0 saturated heterocycles. The molecule has 11 heavy (non-hydrogen) atoms. The van der Waals surface area contributed by atoms with Gasteiger partial charge in [0.05, 0.1) is 0 Å². The van der Waals surface area contributed by atoms with Crippen molar-refractivity contribution in [1.29, 1.82) is 0 Å². The van der Waals surface area contributed by atoms with E-state index < -0.39 is 0 Å². The van der Waals surface area contributed by atoms with Crippen LogP contribution in [0.15, 0.2) is 36.7 Å². The molecule has 0 atom stereocenters. The Kier molecular flexibility index (Phi) is 4.35. The third-order valence-electron chi connectivity index (χ3n) is 1.51. The molecule has 0 radical (unpaired) electrons. The minimum Gasteiger partial charge on any atom is -0.362 e. The van der Waals surface area contributed by atoms with Crippen molar-refractivity contribution in [1.82, 2.24) is 5.32 Å². The summed E-state index contributed by atoms with van der Waals surface area (Å²) in [5, 5.41) is 3.04. The highest BCUT2D eigenvalue weighted by atomic mass is 14.8. The van der Waals surface area contributed by atoms with Crippen LogP contribution >= 0.6 is 0 Å². The summed E-state index contributed by atoms with van der Waals surface area (Å²) in [5.41, 5.74) is 1.96. The molecule has 0 aromatic heterocycles. The van der Waals surface area contributed by atoms with Crippen LogP contribution in [0, 0.1) is 5.92 Å². The van der Waals surface area contributed by atoms with Crippen molar-refractivity contribution in [2.45, 2.75) is 20.8 Å². The predicted molar refractivity (Wildman–Crippen MR) is 51.1 cm³/mol. The molecule has 0 aliphatic heterocycles. The average molecular weight is 151 g/mol. The van der Waals surface area contributed by atoms with Crippen LogP contribution in [0.25, 0.3) is 0 Å². The van der Waals surface area contributed by atoms with Crippen molar-refractivity contribution < 1.29 is 0 Å². The van der Waals surface area contributed by atoms with E-state index >= 15 is 0 Å². The summed E-state index contributed by atoms with van der Waals surface area (Å²) < 4.78 is 0. The Labute approximate surface area is 69.5 Å². The van der Waals surface area contributed by atoms with Gasteiger partial charge >= 0.3 is 0 Å². The van der Waals surface area contributed by atoms with E-state index in [0.717, 1.165) is 11.3 Å². The van der Waals surface area contributed by atoms with E-state index in [9.17, 15) is 0 Å². The second-order valence-electron chi connectivity index (χ2n) is 2.80. The average Bonchev–Trinajstić information content (AvgIpc) is 1.98. The standard InChI is InChI=1S/C10H17N/c1-6-7-11-10(5)9(4)8(2)3/h6-8,11H,4-5H2,1-3H3/b7-6-. The van der Waals surface area contributed by atoms with Crippen LogP contribution in [0.4, 0.5) is 0 Å². The van der Waals surface area contributed by atoms with Crippen molar-refractivity contribution in [2.24, 2.45) is 5.92 Å². The molecule has 0 unspecified atom stereocenters. The van der Waals surface area contributed by atoms with Gasteiger partial charge in [-0.1, -0.05) is 33.1 Å². The van der Waals surface area contributed by atoms with Crippen LogP contribution < -0.4 is 5.32 Å². The summed E-state index contributed by atoms with van der Waals surface area (Å²) in [4.78, 5) is 0. The van der Waals surface area contributed by atoms with E-state index in [0.29, 0.717) is 5.92 Å². The molecule has 0 aromatic rings. The maximum atomic E-state index is 3.91. The predicted octanol–water partition coefficient (Wildman–Crippen LogP) is 2.84. The second-order valence-corrected chi connectivity index (χ2v) is 2.80. The van der Waals surface area contributed by atoms with Gasteiger partial charge in [-0.25, -0.2) is 0 Å². The summed E-state index contributed by atoms with van der Waals surface area (Å²) in [7, 11) is 0. The van der Waals surface area contributed by atoms with Gasteiger partial charge in [0.2, 0.25) is 0 Å². The minimum atomic E-state index is 0.459. The Morgan fingerprint density at radius 1 is 1.36 bits per heavy atom. The van der Waals surface area contributed by atoms with E-state index in [-0.39, 0.29) is 0 Å². The highest BCUT2D eigenvalue weighted by Gasteiger charge is 2.01. The first-order valence-electron chi connectivity index (χ1n) is 3.85. The summed E-state index contributed by atoms with van der Waals surface area (Å²) in [6.07, 6.45) is 3.79. The van der Waals surface area contributed by atoms with Crippen molar-refractivity contribution in [2.75, 3.05) is 0 Å². The largest absolute Gasteiger partial charge is 0.362 e. The van der Waals surface area contributed by atoms with Crippen LogP contribution in [-0.4, -0.2) is 0 Å². The first-order valence-corrected chi connectivity index (χ1v) is 3.85. The summed E-state index contributed by atoms with van der Waals surface area (Å²) in [5.74, 6) is 0.459. The van der Waals surface area contributed by atoms with Gasteiger partial charge in [-0.2, -0.15) is 0 Å². The lowest BCUT2D eigenvalue weighted by atomic mass is 10.0. The first kappa shape index (κ1) is 10.0. The zero-order chi connectivity index (χ0) is 8.85. The quantitative estimate of drug-likeness (QED) is 0.609. The van der Waals surface area contributed by atoms with Gasteiger partial charge < -0.3 is 5.32 Å². The SMILES string of the molecule is C=C(N/C=C\C)C(=C)C(C)C. The van der Waals surface area contributed by atoms with Gasteiger partial charge in [0, 0.05) is 5.70 Å². The highest BCUT2D eigenvalue weighted by molar-refractivity contribution is 5.26. The Morgan fingerprint density at radius 2 is 1.91 bits per heavy atom. The molecular formula is C10H17N. The van der Waals surface area contributed by atoms with Gasteiger partial charge in [0.25, 0.3) is 0 Å². The van der Waals surface area contributed by atoms with Crippen LogP contribution in [0.5, 0.6) is 0 Å². The number of hydrogen-bond donors (Lipinski definition) is 1. The number of rotatable bonds is 4. The molecule has 0 amide bonds. The molecule has 0 aliphatic rings. The number of nitrogens with one attached hydrogen (secondary N) is 1. The van der Waals surface area contributed by atoms with Gasteiger partial charge in [-0.05, 0) is 24.6 Å². The van der Waals surface area contributed by atoms with Crippen molar-refractivity contribution in [3.8, 4) is 0 Å². The van der Waals surface area contributed by atoms with Gasteiger partial charge in [0.15, 0.2) is 0 Å². The number of allylic oxidation sites excluding steroid dienone is 2. The van der Waals surface area contributed by atoms with Gasteiger partial charge in [-0.3, -0.25) is 0 Å². The topological polar surface area (TPSA) is 12.0 Å². The molecule has 0 aliphatic carbocycles. The van der Waals surface area contributed by atoms with Crippen LogP contribution in [0.1, 0.15) is 20.8 Å². The maximum Gasteiger partial charge on any atom is 0.0335 e. The lowest BCUT2D eigenvalue weighted by Crippen LogP contribution is -2.08. The van der Waals surface area contributed by atoms with E-state index in [1.807, 2.05) is 19.2 Å². The molecule has 0 rings (SSSR count). The van der Waals surface area contributed by atoms with Crippen LogP contribution in [0.3, 0.4) is 0 Å². The smallest absolute Gasteiger partial charge is 0.0335 e. The molecule has 1 nitrogen and oxygen atoms in total.